The van der Waals surface area contributed by atoms with E-state index in [9.17, 15) is 9.50 Å². The van der Waals surface area contributed by atoms with Crippen LogP contribution in [0.25, 0.3) is 10.9 Å². The summed E-state index contributed by atoms with van der Waals surface area (Å²) in [4.78, 5) is 8.92. The van der Waals surface area contributed by atoms with Gasteiger partial charge in [-0.05, 0) is 35.9 Å². The molecule has 2 aromatic carbocycles. The minimum atomic E-state index is -0.226. The molecule has 25 heavy (non-hydrogen) atoms. The molecule has 4 nitrogen and oxygen atoms in total. The van der Waals surface area contributed by atoms with Crippen molar-refractivity contribution in [3.63, 3.8) is 0 Å². The minimum Gasteiger partial charge on any atom is -0.506 e. The van der Waals surface area contributed by atoms with Crippen LogP contribution >= 0.6 is 0 Å². The number of pyridine rings is 1. The fraction of sp³-hybridized carbons (Fsp3) is 0.250. The maximum Gasteiger partial charge on any atom is 0.138 e. The Hall–Kier alpha value is -2.66. The molecule has 0 atom stereocenters. The van der Waals surface area contributed by atoms with Crippen LogP contribution in [0.15, 0.2) is 54.7 Å². The van der Waals surface area contributed by atoms with Crippen molar-refractivity contribution in [1.82, 2.24) is 9.88 Å². The number of phenols is 1. The van der Waals surface area contributed by atoms with Crippen LogP contribution in [-0.4, -0.2) is 41.2 Å². The predicted octanol–water partition coefficient (Wildman–Crippen LogP) is 3.40. The molecule has 0 radical (unpaired) electrons. The molecule has 1 aliphatic rings. The highest BCUT2D eigenvalue weighted by molar-refractivity contribution is 5.82. The van der Waals surface area contributed by atoms with E-state index in [0.29, 0.717) is 11.1 Å². The summed E-state index contributed by atoms with van der Waals surface area (Å²) in [6.07, 6.45) is 1.71. The Labute approximate surface area is 146 Å². The number of hydrogen-bond acceptors (Lipinski definition) is 4. The van der Waals surface area contributed by atoms with Gasteiger partial charge in [0.25, 0.3) is 0 Å². The second-order valence-electron chi connectivity index (χ2n) is 6.36. The fourth-order valence-electron chi connectivity index (χ4n) is 3.44. The van der Waals surface area contributed by atoms with E-state index in [4.69, 9.17) is 0 Å². The van der Waals surface area contributed by atoms with Crippen LogP contribution in [0.1, 0.15) is 5.56 Å². The highest BCUT2D eigenvalue weighted by Gasteiger charge is 2.20. The van der Waals surface area contributed by atoms with E-state index in [1.807, 2.05) is 24.3 Å². The Morgan fingerprint density at radius 3 is 2.56 bits per heavy atom. The van der Waals surface area contributed by atoms with Crippen molar-refractivity contribution in [3.8, 4) is 5.75 Å². The molecule has 4 rings (SSSR count). The van der Waals surface area contributed by atoms with Crippen LogP contribution in [0.3, 0.4) is 0 Å². The molecule has 5 heteroatoms. The lowest BCUT2D eigenvalue weighted by molar-refractivity contribution is 0.250. The molecule has 0 saturated carbocycles. The van der Waals surface area contributed by atoms with Gasteiger partial charge in [0.2, 0.25) is 0 Å². The number of phenolic OH excluding ortho intramolecular Hbond substituents is 1. The van der Waals surface area contributed by atoms with Gasteiger partial charge in [-0.2, -0.15) is 0 Å². The quantitative estimate of drug-likeness (QED) is 0.795. The molecular formula is C20H20FN3O. The summed E-state index contributed by atoms with van der Waals surface area (Å²) in [6, 6.07) is 14.3. The third-order valence-corrected chi connectivity index (χ3v) is 4.79. The van der Waals surface area contributed by atoms with Crippen molar-refractivity contribution in [2.75, 3.05) is 31.1 Å². The van der Waals surface area contributed by atoms with Crippen LogP contribution in [-0.2, 0) is 6.54 Å². The zero-order valence-corrected chi connectivity index (χ0v) is 13.9. The molecule has 0 unspecified atom stereocenters. The van der Waals surface area contributed by atoms with Gasteiger partial charge in [0.05, 0.1) is 11.2 Å². The third kappa shape index (κ3) is 3.15. The first-order chi connectivity index (χ1) is 12.2. The van der Waals surface area contributed by atoms with Crippen molar-refractivity contribution >= 4 is 16.6 Å². The zero-order chi connectivity index (χ0) is 17.2. The number of fused-ring (bicyclic) bond motifs is 1. The van der Waals surface area contributed by atoms with Crippen molar-refractivity contribution in [2.24, 2.45) is 0 Å². The summed E-state index contributed by atoms with van der Waals surface area (Å²) in [6.45, 7) is 4.23. The van der Waals surface area contributed by atoms with E-state index >= 15 is 0 Å². The molecule has 0 spiro atoms. The molecule has 0 bridgehead atoms. The van der Waals surface area contributed by atoms with Crippen molar-refractivity contribution in [2.45, 2.75) is 6.54 Å². The lowest BCUT2D eigenvalue weighted by atomic mass is 10.1. The van der Waals surface area contributed by atoms with Crippen LogP contribution in [0, 0.1) is 5.82 Å². The summed E-state index contributed by atoms with van der Waals surface area (Å²) in [7, 11) is 0. The van der Waals surface area contributed by atoms with Crippen LogP contribution < -0.4 is 4.90 Å². The standard InChI is InChI=1S/C20H20FN3O/c21-17-8-7-15(20-16(17)4-3-9-22-20)14-23-10-12-24(13-11-23)18-5-1-2-6-19(18)25/h1-9,25H,10-14H2. The highest BCUT2D eigenvalue weighted by atomic mass is 19.1. The van der Waals surface area contributed by atoms with Gasteiger partial charge in [0, 0.05) is 44.3 Å². The minimum absolute atomic E-state index is 0.226. The van der Waals surface area contributed by atoms with Crippen LogP contribution in [0.5, 0.6) is 5.75 Å². The average Bonchev–Trinajstić information content (AvgIpc) is 2.65. The average molecular weight is 337 g/mol. The summed E-state index contributed by atoms with van der Waals surface area (Å²) >= 11 is 0. The van der Waals surface area contributed by atoms with Crippen molar-refractivity contribution in [3.05, 3.63) is 66.1 Å². The number of piperazine rings is 1. The molecule has 1 saturated heterocycles. The third-order valence-electron chi connectivity index (χ3n) is 4.79. The maximum absolute atomic E-state index is 13.9. The Balaban J connectivity index is 1.48. The molecule has 3 aromatic rings. The zero-order valence-electron chi connectivity index (χ0n) is 13.9. The lowest BCUT2D eigenvalue weighted by Crippen LogP contribution is -2.46. The number of para-hydroxylation sites is 2. The number of aromatic hydroxyl groups is 1. The normalized spacial score (nSPS) is 15.6. The number of halogens is 1. The number of hydrogen-bond donors (Lipinski definition) is 1. The SMILES string of the molecule is Oc1ccccc1N1CCN(Cc2ccc(F)c3cccnc23)CC1. The second kappa shape index (κ2) is 6.69. The molecular weight excluding hydrogens is 317 g/mol. The number of benzene rings is 2. The van der Waals surface area contributed by atoms with Gasteiger partial charge < -0.3 is 10.0 Å². The van der Waals surface area contributed by atoms with Gasteiger partial charge in [-0.15, -0.1) is 0 Å². The molecule has 2 heterocycles. The topological polar surface area (TPSA) is 39.6 Å². The van der Waals surface area contributed by atoms with E-state index in [0.717, 1.165) is 49.5 Å². The molecule has 128 valence electrons. The second-order valence-corrected chi connectivity index (χ2v) is 6.36. The number of aromatic nitrogens is 1. The summed E-state index contributed by atoms with van der Waals surface area (Å²) in [5.74, 6) is 0.0981. The van der Waals surface area contributed by atoms with Gasteiger partial charge in [0.1, 0.15) is 11.6 Å². The largest absolute Gasteiger partial charge is 0.506 e. The van der Waals surface area contributed by atoms with E-state index in [1.54, 1.807) is 24.4 Å². The van der Waals surface area contributed by atoms with Crippen molar-refractivity contribution < 1.29 is 9.50 Å². The predicted molar refractivity (Wildman–Crippen MR) is 97.3 cm³/mol. The van der Waals surface area contributed by atoms with Gasteiger partial charge in [-0.25, -0.2) is 4.39 Å². The molecule has 0 amide bonds. The first kappa shape index (κ1) is 15.8. The molecule has 1 aromatic heterocycles. The van der Waals surface area contributed by atoms with E-state index in [1.165, 1.54) is 6.07 Å². The Morgan fingerprint density at radius 2 is 1.76 bits per heavy atom. The highest BCUT2D eigenvalue weighted by Crippen LogP contribution is 2.28. The number of rotatable bonds is 3. The summed E-state index contributed by atoms with van der Waals surface area (Å²) < 4.78 is 13.9. The lowest BCUT2D eigenvalue weighted by Gasteiger charge is -2.36. The number of nitrogens with zero attached hydrogens (tertiary/aromatic N) is 3. The monoisotopic (exact) mass is 337 g/mol. The molecule has 1 fully saturated rings. The van der Waals surface area contributed by atoms with E-state index < -0.39 is 0 Å². The van der Waals surface area contributed by atoms with Gasteiger partial charge in [0.15, 0.2) is 0 Å². The maximum atomic E-state index is 13.9. The van der Waals surface area contributed by atoms with E-state index in [-0.39, 0.29) is 5.82 Å². The Kier molecular flexibility index (Phi) is 4.24. The van der Waals surface area contributed by atoms with Crippen LogP contribution in [0.2, 0.25) is 0 Å². The summed E-state index contributed by atoms with van der Waals surface area (Å²) in [5.41, 5.74) is 2.68. The molecule has 0 aliphatic carbocycles. The fourth-order valence-corrected chi connectivity index (χ4v) is 3.44. The van der Waals surface area contributed by atoms with E-state index in [2.05, 4.69) is 14.8 Å². The van der Waals surface area contributed by atoms with Crippen LogP contribution in [0.4, 0.5) is 10.1 Å². The van der Waals surface area contributed by atoms with Gasteiger partial charge in [-0.1, -0.05) is 18.2 Å². The Morgan fingerprint density at radius 1 is 0.960 bits per heavy atom. The Bertz CT molecular complexity index is 891. The van der Waals surface area contributed by atoms with Crippen molar-refractivity contribution in [1.29, 1.82) is 0 Å². The van der Waals surface area contributed by atoms with Gasteiger partial charge in [-0.3, -0.25) is 9.88 Å². The smallest absolute Gasteiger partial charge is 0.138 e. The molecule has 1 aliphatic heterocycles. The van der Waals surface area contributed by atoms with Gasteiger partial charge >= 0.3 is 0 Å². The molecule has 1 N–H and O–H groups in total. The number of anilines is 1. The first-order valence-corrected chi connectivity index (χ1v) is 8.50. The first-order valence-electron chi connectivity index (χ1n) is 8.50. The summed E-state index contributed by atoms with van der Waals surface area (Å²) in [5, 5.41) is 10.6.